The molecule has 24 heavy (non-hydrogen) atoms. The van der Waals surface area contributed by atoms with Crippen LogP contribution in [-0.2, 0) is 9.53 Å². The lowest BCUT2D eigenvalue weighted by Crippen LogP contribution is -2.37. The molecule has 1 atom stereocenters. The normalized spacial score (nSPS) is 19.5. The number of unbranched alkanes of at least 4 members (excludes halogenated alkanes) is 7. The molecule has 1 aliphatic heterocycles. The Hall–Kier alpha value is -1.03. The van der Waals surface area contributed by atoms with Gasteiger partial charge in [-0.15, -0.1) is 0 Å². The fourth-order valence-corrected chi connectivity index (χ4v) is 3.66. The zero-order valence-corrected chi connectivity index (χ0v) is 16.0. The molecule has 0 radical (unpaired) electrons. The van der Waals surface area contributed by atoms with E-state index in [4.69, 9.17) is 0 Å². The smallest absolute Gasteiger partial charge is 0.305 e. The van der Waals surface area contributed by atoms with Crippen LogP contribution in [-0.4, -0.2) is 41.3 Å². The first-order chi connectivity index (χ1) is 11.4. The van der Waals surface area contributed by atoms with Crippen LogP contribution in [0.3, 0.4) is 0 Å². The lowest BCUT2D eigenvalue weighted by Gasteiger charge is -2.34. The van der Waals surface area contributed by atoms with Crippen LogP contribution in [0.25, 0.3) is 0 Å². The number of β-amino-alcohol motifs (C(OH)–C–C–N with tert-alkyl or cyclic N) is 1. The Morgan fingerprint density at radius 3 is 2.04 bits per heavy atom. The molecule has 0 aromatic heterocycles. The quantitative estimate of drug-likeness (QED) is 0.422. The van der Waals surface area contributed by atoms with Gasteiger partial charge in [0.25, 0.3) is 0 Å². The number of hydrogen-bond donors (Lipinski definition) is 1. The summed E-state index contributed by atoms with van der Waals surface area (Å²) in [5, 5.41) is 9.85. The van der Waals surface area contributed by atoms with Crippen LogP contribution in [0.2, 0.25) is 0 Å². The number of allylic oxidation sites excluding steroid dienone is 1. The van der Waals surface area contributed by atoms with Crippen molar-refractivity contribution in [2.45, 2.75) is 96.1 Å². The summed E-state index contributed by atoms with van der Waals surface area (Å²) < 4.78 is 4.63. The third kappa shape index (κ3) is 7.69. The maximum absolute atomic E-state index is 11.0. The zero-order chi connectivity index (χ0) is 18.0. The highest BCUT2D eigenvalue weighted by atomic mass is 16.5. The molecule has 0 amide bonds. The fraction of sp³-hybridized carbons (Fsp3) is 0.850. The Kier molecular flexibility index (Phi) is 9.42. The third-order valence-electron chi connectivity index (χ3n) is 5.06. The summed E-state index contributed by atoms with van der Waals surface area (Å²) in [4.78, 5) is 13.3. The average Bonchev–Trinajstić information content (AvgIpc) is 2.81. The first-order valence-corrected chi connectivity index (χ1v) is 9.57. The Balaban J connectivity index is 1.97. The molecular formula is C20H37NO3. The maximum atomic E-state index is 11.0. The summed E-state index contributed by atoms with van der Waals surface area (Å²) in [7, 11) is 1.45. The van der Waals surface area contributed by atoms with E-state index in [1.165, 1.54) is 51.3 Å². The minimum Gasteiger partial charge on any atom is -0.469 e. The molecule has 4 nitrogen and oxygen atoms in total. The van der Waals surface area contributed by atoms with Gasteiger partial charge < -0.3 is 14.7 Å². The maximum Gasteiger partial charge on any atom is 0.305 e. The van der Waals surface area contributed by atoms with E-state index in [9.17, 15) is 9.90 Å². The van der Waals surface area contributed by atoms with Crippen molar-refractivity contribution in [3.63, 3.8) is 0 Å². The average molecular weight is 340 g/mol. The zero-order valence-electron chi connectivity index (χ0n) is 16.0. The number of carbonyl (C=O) groups excluding carboxylic acids is 1. The van der Waals surface area contributed by atoms with Crippen LogP contribution >= 0.6 is 0 Å². The molecule has 140 valence electrons. The summed E-state index contributed by atoms with van der Waals surface area (Å²) in [5.74, 6) is -0.0936. The topological polar surface area (TPSA) is 49.8 Å². The predicted octanol–water partition coefficient (Wildman–Crippen LogP) is 4.42. The number of methoxy groups -OCH3 is 1. The highest BCUT2D eigenvalue weighted by Gasteiger charge is 2.37. The number of aliphatic hydroxyl groups is 1. The second-order valence-electron chi connectivity index (χ2n) is 7.75. The highest BCUT2D eigenvalue weighted by molar-refractivity contribution is 5.68. The number of likely N-dealkylation sites (tertiary alicyclic amines) is 1. The van der Waals surface area contributed by atoms with Crippen molar-refractivity contribution < 1.29 is 14.6 Å². The molecule has 0 aromatic rings. The van der Waals surface area contributed by atoms with Gasteiger partial charge in [-0.2, -0.15) is 0 Å². The molecule has 1 rings (SSSR count). The summed E-state index contributed by atoms with van der Waals surface area (Å²) in [5.41, 5.74) is 1.22. The molecule has 0 aliphatic carbocycles. The van der Waals surface area contributed by atoms with Gasteiger partial charge in [-0.25, -0.2) is 0 Å². The molecule has 1 saturated heterocycles. The molecule has 0 saturated carbocycles. The third-order valence-corrected chi connectivity index (χ3v) is 5.06. The monoisotopic (exact) mass is 339 g/mol. The summed E-state index contributed by atoms with van der Waals surface area (Å²) in [6, 6.07) is 0. The van der Waals surface area contributed by atoms with Gasteiger partial charge in [0.05, 0.1) is 13.2 Å². The van der Waals surface area contributed by atoms with E-state index < -0.39 is 0 Å². The molecule has 0 spiro atoms. The van der Waals surface area contributed by atoms with Gasteiger partial charge in [-0.1, -0.05) is 45.1 Å². The van der Waals surface area contributed by atoms with Crippen molar-refractivity contribution in [1.29, 1.82) is 0 Å². The highest BCUT2D eigenvalue weighted by Crippen LogP contribution is 2.33. The minimum atomic E-state index is -0.212. The number of rotatable bonds is 12. The lowest BCUT2D eigenvalue weighted by atomic mass is 10.00. The van der Waals surface area contributed by atoms with Gasteiger partial charge in [-0.3, -0.25) is 4.79 Å². The number of esters is 1. The Morgan fingerprint density at radius 1 is 1.08 bits per heavy atom. The molecule has 1 N–H and O–H groups in total. The van der Waals surface area contributed by atoms with Crippen LogP contribution in [0.1, 0.15) is 84.5 Å². The van der Waals surface area contributed by atoms with Crippen LogP contribution in [0.15, 0.2) is 12.3 Å². The van der Waals surface area contributed by atoms with E-state index in [0.717, 1.165) is 32.2 Å². The molecule has 1 fully saturated rings. The molecule has 1 heterocycles. The second-order valence-corrected chi connectivity index (χ2v) is 7.75. The first-order valence-electron chi connectivity index (χ1n) is 9.57. The summed E-state index contributed by atoms with van der Waals surface area (Å²) >= 11 is 0. The lowest BCUT2D eigenvalue weighted by molar-refractivity contribution is -0.140. The van der Waals surface area contributed by atoms with E-state index in [1.54, 1.807) is 0 Å². The molecular weight excluding hydrogens is 302 g/mol. The van der Waals surface area contributed by atoms with E-state index >= 15 is 0 Å². The van der Waals surface area contributed by atoms with E-state index in [-0.39, 0.29) is 17.6 Å². The fourth-order valence-electron chi connectivity index (χ4n) is 3.66. The van der Waals surface area contributed by atoms with Crippen molar-refractivity contribution in [3.05, 3.63) is 12.3 Å². The van der Waals surface area contributed by atoms with Crippen molar-refractivity contribution in [2.24, 2.45) is 0 Å². The molecule has 0 bridgehead atoms. The van der Waals surface area contributed by atoms with Gasteiger partial charge in [0.1, 0.15) is 0 Å². The number of aliphatic hydroxyl groups excluding tert-OH is 1. The van der Waals surface area contributed by atoms with Crippen molar-refractivity contribution >= 4 is 5.97 Å². The Morgan fingerprint density at radius 2 is 1.58 bits per heavy atom. The van der Waals surface area contributed by atoms with Gasteiger partial charge in [-0.05, 0) is 39.5 Å². The number of hydrogen-bond acceptors (Lipinski definition) is 4. The van der Waals surface area contributed by atoms with Gasteiger partial charge in [0.15, 0.2) is 0 Å². The van der Waals surface area contributed by atoms with Crippen molar-refractivity contribution in [2.75, 3.05) is 13.7 Å². The van der Waals surface area contributed by atoms with E-state index in [2.05, 4.69) is 30.1 Å². The van der Waals surface area contributed by atoms with Gasteiger partial charge in [0.2, 0.25) is 0 Å². The Labute approximate surface area is 148 Å². The van der Waals surface area contributed by atoms with E-state index in [0.29, 0.717) is 6.42 Å². The predicted molar refractivity (Wildman–Crippen MR) is 98.7 cm³/mol. The van der Waals surface area contributed by atoms with Crippen molar-refractivity contribution in [1.82, 2.24) is 4.90 Å². The minimum absolute atomic E-state index is 0.0424. The summed E-state index contributed by atoms with van der Waals surface area (Å²) in [6.45, 7) is 9.34. The standard InChI is InChI=1S/C20H37NO3/c1-17(21-16-18(22)15-20(21,2)3)13-11-9-7-5-6-8-10-12-14-19(23)24-4/h18,22H,1,5-16H2,2-4H3/t18-/m1/s1. The van der Waals surface area contributed by atoms with Gasteiger partial charge >= 0.3 is 5.97 Å². The second kappa shape index (κ2) is 10.8. The molecule has 1 aliphatic rings. The van der Waals surface area contributed by atoms with Crippen molar-refractivity contribution in [3.8, 4) is 0 Å². The number of carbonyl (C=O) groups is 1. The van der Waals surface area contributed by atoms with Crippen LogP contribution < -0.4 is 0 Å². The van der Waals surface area contributed by atoms with Gasteiger partial charge in [0, 0.05) is 24.2 Å². The Bertz CT molecular complexity index is 392. The largest absolute Gasteiger partial charge is 0.469 e. The summed E-state index contributed by atoms with van der Waals surface area (Å²) in [6.07, 6.45) is 11.7. The first kappa shape index (κ1) is 21.0. The molecule has 0 unspecified atom stereocenters. The SMILES string of the molecule is C=C(CCCCCCCCCCC(=O)OC)N1C[C@H](O)CC1(C)C. The number of nitrogens with zero attached hydrogens (tertiary/aromatic N) is 1. The molecule has 4 heteroatoms. The van der Waals surface area contributed by atoms with Crippen LogP contribution in [0.5, 0.6) is 0 Å². The van der Waals surface area contributed by atoms with Crippen LogP contribution in [0.4, 0.5) is 0 Å². The van der Waals surface area contributed by atoms with E-state index in [1.807, 2.05) is 0 Å². The number of ether oxygens (including phenoxy) is 1. The van der Waals surface area contributed by atoms with Crippen LogP contribution in [0, 0.1) is 0 Å². The molecule has 0 aromatic carbocycles.